The lowest BCUT2D eigenvalue weighted by Crippen LogP contribution is -2.14. The summed E-state index contributed by atoms with van der Waals surface area (Å²) >= 11 is 0. The number of hydrogen-bond acceptors (Lipinski definition) is 2. The van der Waals surface area contributed by atoms with E-state index in [9.17, 15) is 0 Å². The molecular weight excluding hydrogens is 258 g/mol. The van der Waals surface area contributed by atoms with Gasteiger partial charge in [0.2, 0.25) is 0 Å². The first-order valence-electron chi connectivity index (χ1n) is 7.68. The van der Waals surface area contributed by atoms with Gasteiger partial charge in [0.1, 0.15) is 5.75 Å². The lowest BCUT2D eigenvalue weighted by atomic mass is 9.96. The van der Waals surface area contributed by atoms with Gasteiger partial charge < -0.3 is 10.5 Å². The summed E-state index contributed by atoms with van der Waals surface area (Å²) < 4.78 is 5.48. The van der Waals surface area contributed by atoms with Crippen LogP contribution in [0.15, 0.2) is 36.4 Å². The van der Waals surface area contributed by atoms with E-state index in [0.717, 1.165) is 17.7 Å². The standard InChI is InChI=1S/C19H23NO/c1-13-6-9-17(19(10-13)21-2)18(20)12-14-7-8-15-4-3-5-16(15)11-14/h6-11,18H,3-5,12,20H2,1-2H3. The molecule has 0 heterocycles. The van der Waals surface area contributed by atoms with E-state index in [-0.39, 0.29) is 6.04 Å². The first-order valence-corrected chi connectivity index (χ1v) is 7.68. The Morgan fingerprint density at radius 1 is 1.10 bits per heavy atom. The molecule has 21 heavy (non-hydrogen) atoms. The highest BCUT2D eigenvalue weighted by Crippen LogP contribution is 2.29. The molecule has 2 aromatic carbocycles. The van der Waals surface area contributed by atoms with Crippen LogP contribution < -0.4 is 10.5 Å². The van der Waals surface area contributed by atoms with Gasteiger partial charge >= 0.3 is 0 Å². The second kappa shape index (κ2) is 5.90. The van der Waals surface area contributed by atoms with Gasteiger partial charge in [-0.05, 0) is 60.9 Å². The molecule has 1 aliphatic carbocycles. The molecule has 3 rings (SSSR count). The number of benzene rings is 2. The monoisotopic (exact) mass is 281 g/mol. The van der Waals surface area contributed by atoms with Crippen LogP contribution in [-0.4, -0.2) is 7.11 Å². The summed E-state index contributed by atoms with van der Waals surface area (Å²) in [5.41, 5.74) is 13.0. The number of hydrogen-bond donors (Lipinski definition) is 1. The minimum atomic E-state index is -0.0278. The Morgan fingerprint density at radius 2 is 1.90 bits per heavy atom. The fourth-order valence-corrected chi connectivity index (χ4v) is 3.24. The van der Waals surface area contributed by atoms with Gasteiger partial charge in [-0.15, -0.1) is 0 Å². The summed E-state index contributed by atoms with van der Waals surface area (Å²) in [6.07, 6.45) is 4.59. The van der Waals surface area contributed by atoms with Gasteiger partial charge in [-0.25, -0.2) is 0 Å². The minimum Gasteiger partial charge on any atom is -0.496 e. The molecule has 0 aliphatic heterocycles. The predicted octanol–water partition coefficient (Wildman–Crippen LogP) is 3.73. The maximum Gasteiger partial charge on any atom is 0.123 e. The van der Waals surface area contributed by atoms with E-state index in [4.69, 9.17) is 10.5 Å². The third-order valence-electron chi connectivity index (χ3n) is 4.41. The molecule has 1 atom stereocenters. The maximum atomic E-state index is 6.42. The Kier molecular flexibility index (Phi) is 3.98. The molecule has 0 saturated heterocycles. The van der Waals surface area contributed by atoms with Crippen LogP contribution in [0.4, 0.5) is 0 Å². The van der Waals surface area contributed by atoms with Crippen molar-refractivity contribution in [1.29, 1.82) is 0 Å². The molecule has 2 N–H and O–H groups in total. The lowest BCUT2D eigenvalue weighted by molar-refractivity contribution is 0.405. The van der Waals surface area contributed by atoms with Crippen molar-refractivity contribution in [3.05, 3.63) is 64.2 Å². The summed E-state index contributed by atoms with van der Waals surface area (Å²) in [7, 11) is 1.71. The summed E-state index contributed by atoms with van der Waals surface area (Å²) in [5.74, 6) is 0.892. The Balaban J connectivity index is 1.81. The van der Waals surface area contributed by atoms with Crippen LogP contribution in [0.2, 0.25) is 0 Å². The highest BCUT2D eigenvalue weighted by Gasteiger charge is 2.15. The normalized spacial score (nSPS) is 14.8. The van der Waals surface area contributed by atoms with Gasteiger partial charge in [-0.1, -0.05) is 30.3 Å². The number of fused-ring (bicyclic) bond motifs is 1. The molecule has 2 heteroatoms. The number of rotatable bonds is 4. The van der Waals surface area contributed by atoms with Crippen LogP contribution in [0.1, 0.15) is 40.3 Å². The van der Waals surface area contributed by atoms with Gasteiger partial charge in [0.15, 0.2) is 0 Å². The first-order chi connectivity index (χ1) is 10.2. The van der Waals surface area contributed by atoms with Gasteiger partial charge in [-0.3, -0.25) is 0 Å². The molecule has 0 spiro atoms. The Hall–Kier alpha value is -1.80. The Labute approximate surface area is 126 Å². The highest BCUT2D eigenvalue weighted by atomic mass is 16.5. The fourth-order valence-electron chi connectivity index (χ4n) is 3.24. The molecule has 0 bridgehead atoms. The predicted molar refractivity (Wildman–Crippen MR) is 86.8 cm³/mol. The molecule has 0 saturated carbocycles. The molecule has 1 aliphatic rings. The molecule has 0 amide bonds. The van der Waals surface area contributed by atoms with Gasteiger partial charge in [-0.2, -0.15) is 0 Å². The summed E-state index contributed by atoms with van der Waals surface area (Å²) in [6, 6.07) is 13.1. The second-order valence-electron chi connectivity index (χ2n) is 6.01. The molecule has 0 radical (unpaired) electrons. The zero-order chi connectivity index (χ0) is 14.8. The van der Waals surface area contributed by atoms with E-state index < -0.39 is 0 Å². The number of ether oxygens (including phenoxy) is 1. The van der Waals surface area contributed by atoms with Crippen molar-refractivity contribution >= 4 is 0 Å². The average molecular weight is 281 g/mol. The van der Waals surface area contributed by atoms with Crippen molar-refractivity contribution in [3.8, 4) is 5.75 Å². The zero-order valence-corrected chi connectivity index (χ0v) is 12.9. The van der Waals surface area contributed by atoms with E-state index in [0.29, 0.717) is 0 Å². The SMILES string of the molecule is COc1cc(C)ccc1C(N)Cc1ccc2c(c1)CCC2. The smallest absolute Gasteiger partial charge is 0.123 e. The molecule has 1 unspecified atom stereocenters. The maximum absolute atomic E-state index is 6.42. The molecule has 0 fully saturated rings. The van der Waals surface area contributed by atoms with E-state index >= 15 is 0 Å². The average Bonchev–Trinajstić information content (AvgIpc) is 2.94. The van der Waals surface area contributed by atoms with E-state index in [1.165, 1.54) is 41.5 Å². The zero-order valence-electron chi connectivity index (χ0n) is 12.9. The van der Waals surface area contributed by atoms with Gasteiger partial charge in [0.05, 0.1) is 7.11 Å². The fraction of sp³-hybridized carbons (Fsp3) is 0.368. The lowest BCUT2D eigenvalue weighted by Gasteiger charge is -2.17. The Morgan fingerprint density at radius 3 is 2.71 bits per heavy atom. The molecule has 2 nitrogen and oxygen atoms in total. The quantitative estimate of drug-likeness (QED) is 0.926. The summed E-state index contributed by atoms with van der Waals surface area (Å²) in [6.45, 7) is 2.07. The number of nitrogens with two attached hydrogens (primary N) is 1. The third-order valence-corrected chi connectivity index (χ3v) is 4.41. The summed E-state index contributed by atoms with van der Waals surface area (Å²) in [4.78, 5) is 0. The molecule has 110 valence electrons. The molecular formula is C19H23NO. The van der Waals surface area contributed by atoms with Crippen LogP contribution in [0.5, 0.6) is 5.75 Å². The molecule has 0 aromatic heterocycles. The van der Waals surface area contributed by atoms with Gasteiger partial charge in [0, 0.05) is 11.6 Å². The van der Waals surface area contributed by atoms with Crippen molar-refractivity contribution in [2.45, 2.75) is 38.6 Å². The number of aryl methyl sites for hydroxylation is 3. The molecule has 2 aromatic rings. The van der Waals surface area contributed by atoms with E-state index in [1.54, 1.807) is 7.11 Å². The van der Waals surface area contributed by atoms with E-state index in [2.05, 4.69) is 43.3 Å². The van der Waals surface area contributed by atoms with Crippen LogP contribution in [-0.2, 0) is 19.3 Å². The van der Waals surface area contributed by atoms with Crippen LogP contribution >= 0.6 is 0 Å². The second-order valence-corrected chi connectivity index (χ2v) is 6.01. The van der Waals surface area contributed by atoms with Crippen molar-refractivity contribution in [3.63, 3.8) is 0 Å². The van der Waals surface area contributed by atoms with Gasteiger partial charge in [0.25, 0.3) is 0 Å². The third kappa shape index (κ3) is 2.96. The Bertz CT molecular complexity index is 648. The van der Waals surface area contributed by atoms with Crippen molar-refractivity contribution in [2.75, 3.05) is 7.11 Å². The van der Waals surface area contributed by atoms with Crippen LogP contribution in [0.3, 0.4) is 0 Å². The first kappa shape index (κ1) is 14.2. The van der Waals surface area contributed by atoms with Crippen LogP contribution in [0, 0.1) is 6.92 Å². The topological polar surface area (TPSA) is 35.2 Å². The number of methoxy groups -OCH3 is 1. The largest absolute Gasteiger partial charge is 0.496 e. The highest BCUT2D eigenvalue weighted by molar-refractivity contribution is 5.41. The summed E-state index contributed by atoms with van der Waals surface area (Å²) in [5, 5.41) is 0. The van der Waals surface area contributed by atoms with Crippen molar-refractivity contribution in [1.82, 2.24) is 0 Å². The minimum absolute atomic E-state index is 0.0278. The van der Waals surface area contributed by atoms with E-state index in [1.807, 2.05) is 0 Å². The van der Waals surface area contributed by atoms with Crippen molar-refractivity contribution < 1.29 is 4.74 Å². The van der Waals surface area contributed by atoms with Crippen molar-refractivity contribution in [2.24, 2.45) is 5.73 Å². The van der Waals surface area contributed by atoms with Crippen LogP contribution in [0.25, 0.3) is 0 Å².